The zero-order chi connectivity index (χ0) is 12.4. The number of alkyl halides is 1. The van der Waals surface area contributed by atoms with Gasteiger partial charge in [0.15, 0.2) is 0 Å². The Balaban J connectivity index is 2.20. The number of aryl methyl sites for hydroxylation is 3. The van der Waals surface area contributed by atoms with E-state index in [1.165, 1.54) is 26.4 Å². The van der Waals surface area contributed by atoms with Crippen molar-refractivity contribution in [1.29, 1.82) is 0 Å². The van der Waals surface area contributed by atoms with Crippen molar-refractivity contribution in [3.63, 3.8) is 0 Å². The summed E-state index contributed by atoms with van der Waals surface area (Å²) in [4.78, 5) is 2.68. The molecular formula is C15H17ClS. The highest BCUT2D eigenvalue weighted by Crippen LogP contribution is 2.33. The van der Waals surface area contributed by atoms with Crippen molar-refractivity contribution in [3.8, 4) is 0 Å². The van der Waals surface area contributed by atoms with Crippen LogP contribution < -0.4 is 0 Å². The maximum Gasteiger partial charge on any atom is 0.0636 e. The van der Waals surface area contributed by atoms with E-state index in [0.717, 1.165) is 6.42 Å². The summed E-state index contributed by atoms with van der Waals surface area (Å²) >= 11 is 8.37. The number of halogens is 1. The van der Waals surface area contributed by atoms with Crippen molar-refractivity contribution in [1.82, 2.24) is 0 Å². The minimum atomic E-state index is 0.0843. The molecule has 0 saturated carbocycles. The van der Waals surface area contributed by atoms with E-state index in [4.69, 9.17) is 11.6 Å². The lowest BCUT2D eigenvalue weighted by molar-refractivity contribution is 0.908. The Morgan fingerprint density at radius 1 is 1.18 bits per heavy atom. The van der Waals surface area contributed by atoms with Crippen LogP contribution in [-0.4, -0.2) is 0 Å². The van der Waals surface area contributed by atoms with Crippen molar-refractivity contribution in [2.75, 3.05) is 0 Å². The molecule has 0 aliphatic heterocycles. The van der Waals surface area contributed by atoms with Gasteiger partial charge in [-0.2, -0.15) is 0 Å². The molecule has 0 nitrogen and oxygen atoms in total. The Kier molecular flexibility index (Phi) is 3.90. The Labute approximate surface area is 112 Å². The number of benzene rings is 1. The zero-order valence-electron chi connectivity index (χ0n) is 10.5. The first-order valence-electron chi connectivity index (χ1n) is 5.83. The number of thiophene rings is 1. The minimum absolute atomic E-state index is 0.0843. The predicted molar refractivity (Wildman–Crippen MR) is 77.3 cm³/mol. The van der Waals surface area contributed by atoms with Gasteiger partial charge in [0.25, 0.3) is 0 Å². The molecule has 1 heterocycles. The normalized spacial score (nSPS) is 12.7. The zero-order valence-corrected chi connectivity index (χ0v) is 12.0. The molecule has 0 aliphatic carbocycles. The first-order chi connectivity index (χ1) is 8.08. The summed E-state index contributed by atoms with van der Waals surface area (Å²) in [7, 11) is 0. The summed E-state index contributed by atoms with van der Waals surface area (Å²) in [5.74, 6) is 0. The molecule has 2 heteroatoms. The van der Waals surface area contributed by atoms with Gasteiger partial charge in [-0.15, -0.1) is 22.9 Å². The first-order valence-corrected chi connectivity index (χ1v) is 7.08. The molecule has 0 aliphatic rings. The quantitative estimate of drug-likeness (QED) is 0.669. The van der Waals surface area contributed by atoms with Gasteiger partial charge >= 0.3 is 0 Å². The molecule has 0 fully saturated rings. The first kappa shape index (κ1) is 12.7. The van der Waals surface area contributed by atoms with Crippen molar-refractivity contribution < 1.29 is 0 Å². The van der Waals surface area contributed by atoms with E-state index in [1.807, 2.05) is 11.3 Å². The average Bonchev–Trinajstić information content (AvgIpc) is 2.61. The molecule has 1 aromatic carbocycles. The molecule has 0 radical (unpaired) electrons. The second-order valence-electron chi connectivity index (χ2n) is 4.47. The van der Waals surface area contributed by atoms with Gasteiger partial charge in [-0.25, -0.2) is 0 Å². The van der Waals surface area contributed by atoms with Crippen LogP contribution in [0, 0.1) is 20.8 Å². The molecule has 90 valence electrons. The van der Waals surface area contributed by atoms with Gasteiger partial charge in [0.2, 0.25) is 0 Å². The third-order valence-electron chi connectivity index (χ3n) is 3.08. The number of hydrogen-bond donors (Lipinski definition) is 0. The van der Waals surface area contributed by atoms with E-state index >= 15 is 0 Å². The fourth-order valence-corrected chi connectivity index (χ4v) is 3.55. The highest BCUT2D eigenvalue weighted by atomic mass is 35.5. The van der Waals surface area contributed by atoms with E-state index in [0.29, 0.717) is 0 Å². The van der Waals surface area contributed by atoms with Gasteiger partial charge < -0.3 is 0 Å². The summed E-state index contributed by atoms with van der Waals surface area (Å²) in [6.07, 6.45) is 0.908. The van der Waals surface area contributed by atoms with Gasteiger partial charge in [0.05, 0.1) is 5.38 Å². The Morgan fingerprint density at radius 2 is 1.88 bits per heavy atom. The minimum Gasteiger partial charge on any atom is -0.146 e. The van der Waals surface area contributed by atoms with Crippen LogP contribution in [0.5, 0.6) is 0 Å². The molecule has 1 atom stereocenters. The van der Waals surface area contributed by atoms with Crippen LogP contribution >= 0.6 is 22.9 Å². The van der Waals surface area contributed by atoms with Crippen LogP contribution in [0.25, 0.3) is 0 Å². The maximum absolute atomic E-state index is 6.54. The van der Waals surface area contributed by atoms with Gasteiger partial charge in [-0.3, -0.25) is 0 Å². The summed E-state index contributed by atoms with van der Waals surface area (Å²) in [6.45, 7) is 6.43. The Hall–Kier alpha value is -0.790. The van der Waals surface area contributed by atoms with Gasteiger partial charge in [0.1, 0.15) is 0 Å². The third-order valence-corrected chi connectivity index (χ3v) is 4.45. The maximum atomic E-state index is 6.54. The van der Waals surface area contributed by atoms with Crippen molar-refractivity contribution in [2.45, 2.75) is 32.6 Å². The summed E-state index contributed by atoms with van der Waals surface area (Å²) in [5.41, 5.74) is 3.95. The molecule has 0 amide bonds. The molecule has 0 saturated heterocycles. The van der Waals surface area contributed by atoms with Gasteiger partial charge in [-0.1, -0.05) is 24.3 Å². The molecule has 1 unspecified atom stereocenters. The summed E-state index contributed by atoms with van der Waals surface area (Å²) in [5, 5.41) is 0.0843. The smallest absolute Gasteiger partial charge is 0.0636 e. The monoisotopic (exact) mass is 264 g/mol. The third kappa shape index (κ3) is 2.91. The number of rotatable bonds is 3. The lowest BCUT2D eigenvalue weighted by Gasteiger charge is -2.11. The van der Waals surface area contributed by atoms with Crippen LogP contribution in [-0.2, 0) is 6.42 Å². The standard InChI is InChI=1S/C15H17ClS/c1-10-6-4-5-7-13(10)9-15(16)14-8-11(2)17-12(14)3/h4-8,15H,9H2,1-3H3. The van der Waals surface area contributed by atoms with Gasteiger partial charge in [0, 0.05) is 9.75 Å². The fraction of sp³-hybridized carbons (Fsp3) is 0.333. The van der Waals surface area contributed by atoms with Crippen molar-refractivity contribution >= 4 is 22.9 Å². The second-order valence-corrected chi connectivity index (χ2v) is 6.45. The van der Waals surface area contributed by atoms with E-state index in [-0.39, 0.29) is 5.38 Å². The van der Waals surface area contributed by atoms with Crippen LogP contribution in [0.4, 0.5) is 0 Å². The highest BCUT2D eigenvalue weighted by Gasteiger charge is 2.14. The number of hydrogen-bond acceptors (Lipinski definition) is 1. The van der Waals surface area contributed by atoms with E-state index < -0.39 is 0 Å². The molecule has 1 aromatic heterocycles. The van der Waals surface area contributed by atoms with Crippen LogP contribution in [0.3, 0.4) is 0 Å². The van der Waals surface area contributed by atoms with E-state index in [9.17, 15) is 0 Å². The molecule has 17 heavy (non-hydrogen) atoms. The topological polar surface area (TPSA) is 0 Å². The molecule has 2 rings (SSSR count). The van der Waals surface area contributed by atoms with Crippen LogP contribution in [0.15, 0.2) is 30.3 Å². The van der Waals surface area contributed by atoms with Crippen LogP contribution in [0.2, 0.25) is 0 Å². The van der Waals surface area contributed by atoms with Crippen LogP contribution in [0.1, 0.15) is 31.8 Å². The molecule has 0 N–H and O–H groups in total. The summed E-state index contributed by atoms with van der Waals surface area (Å²) in [6, 6.07) is 10.7. The van der Waals surface area contributed by atoms with E-state index in [2.05, 4.69) is 51.1 Å². The van der Waals surface area contributed by atoms with Gasteiger partial charge in [-0.05, 0) is 49.9 Å². The fourth-order valence-electron chi connectivity index (χ4n) is 2.10. The molecule has 2 aromatic rings. The van der Waals surface area contributed by atoms with Crippen molar-refractivity contribution in [3.05, 3.63) is 56.8 Å². The largest absolute Gasteiger partial charge is 0.146 e. The molecule has 0 bridgehead atoms. The lowest BCUT2D eigenvalue weighted by atomic mass is 10.0. The Bertz CT molecular complexity index is 513. The molecule has 0 spiro atoms. The highest BCUT2D eigenvalue weighted by molar-refractivity contribution is 7.12. The average molecular weight is 265 g/mol. The summed E-state index contributed by atoms with van der Waals surface area (Å²) < 4.78 is 0. The molecular weight excluding hydrogens is 248 g/mol. The lowest BCUT2D eigenvalue weighted by Crippen LogP contribution is -1.97. The van der Waals surface area contributed by atoms with Crippen molar-refractivity contribution in [2.24, 2.45) is 0 Å². The predicted octanol–water partition coefficient (Wildman–Crippen LogP) is 5.20. The Morgan fingerprint density at radius 3 is 2.47 bits per heavy atom. The SMILES string of the molecule is Cc1cc(C(Cl)Cc2ccccc2C)c(C)s1. The second kappa shape index (κ2) is 5.24. The van der Waals surface area contributed by atoms with E-state index in [1.54, 1.807) is 0 Å².